The molecule has 0 aromatic heterocycles. The molecule has 8 heteroatoms. The molecule has 2 aromatic carbocycles. The zero-order valence-electron chi connectivity index (χ0n) is 14.9. The van der Waals surface area contributed by atoms with Gasteiger partial charge in [0.2, 0.25) is 5.91 Å². The number of para-hydroxylation sites is 1. The quantitative estimate of drug-likeness (QED) is 0.705. The summed E-state index contributed by atoms with van der Waals surface area (Å²) in [6, 6.07) is 11.4. The van der Waals surface area contributed by atoms with Crippen LogP contribution < -0.4 is 10.1 Å². The highest BCUT2D eigenvalue weighted by atomic mass is 35.5. The third kappa shape index (κ3) is 4.57. The molecular formula is C20H19Cl2F2NO3. The van der Waals surface area contributed by atoms with Crippen LogP contribution in [0, 0.1) is 0 Å². The molecule has 1 saturated heterocycles. The van der Waals surface area contributed by atoms with Crippen LogP contribution in [0.3, 0.4) is 0 Å². The van der Waals surface area contributed by atoms with Gasteiger partial charge in [-0.2, -0.15) is 8.78 Å². The maximum atomic E-state index is 13.2. The van der Waals surface area contributed by atoms with Gasteiger partial charge in [-0.25, -0.2) is 0 Å². The topological polar surface area (TPSA) is 47.6 Å². The van der Waals surface area contributed by atoms with Gasteiger partial charge in [-0.3, -0.25) is 4.79 Å². The predicted molar refractivity (Wildman–Crippen MR) is 103 cm³/mol. The van der Waals surface area contributed by atoms with E-state index in [2.05, 4.69) is 10.1 Å². The largest absolute Gasteiger partial charge is 0.434 e. The molecule has 1 fully saturated rings. The molecule has 4 nitrogen and oxygen atoms in total. The van der Waals surface area contributed by atoms with E-state index in [4.69, 9.17) is 27.9 Å². The summed E-state index contributed by atoms with van der Waals surface area (Å²) in [6.07, 6.45) is 0.907. The Kier molecular flexibility index (Phi) is 6.75. The first-order valence-electron chi connectivity index (χ1n) is 8.77. The molecule has 0 saturated carbocycles. The van der Waals surface area contributed by atoms with Gasteiger partial charge in [0.05, 0.1) is 5.41 Å². The lowest BCUT2D eigenvalue weighted by Gasteiger charge is -2.37. The Morgan fingerprint density at radius 2 is 1.89 bits per heavy atom. The van der Waals surface area contributed by atoms with Crippen molar-refractivity contribution in [2.24, 2.45) is 0 Å². The molecule has 1 aliphatic heterocycles. The van der Waals surface area contributed by atoms with E-state index < -0.39 is 12.0 Å². The molecular weight excluding hydrogens is 411 g/mol. The van der Waals surface area contributed by atoms with Crippen LogP contribution in [0.4, 0.5) is 8.78 Å². The Bertz CT molecular complexity index is 842. The molecule has 2 aromatic rings. The molecule has 28 heavy (non-hydrogen) atoms. The van der Waals surface area contributed by atoms with E-state index >= 15 is 0 Å². The number of hydrogen-bond acceptors (Lipinski definition) is 3. The van der Waals surface area contributed by atoms with Crippen molar-refractivity contribution in [1.29, 1.82) is 0 Å². The maximum absolute atomic E-state index is 13.2. The average molecular weight is 430 g/mol. The van der Waals surface area contributed by atoms with E-state index in [0.29, 0.717) is 47.2 Å². The van der Waals surface area contributed by atoms with E-state index in [1.165, 1.54) is 6.07 Å². The number of nitrogens with one attached hydrogen (secondary N) is 1. The summed E-state index contributed by atoms with van der Waals surface area (Å²) in [5.74, 6) is -0.213. The highest BCUT2D eigenvalue weighted by Gasteiger charge is 2.43. The summed E-state index contributed by atoms with van der Waals surface area (Å²) in [4.78, 5) is 13.2. The van der Waals surface area contributed by atoms with Gasteiger partial charge in [-0.05, 0) is 36.6 Å². The van der Waals surface area contributed by atoms with Gasteiger partial charge < -0.3 is 14.8 Å². The number of benzene rings is 2. The summed E-state index contributed by atoms with van der Waals surface area (Å²) >= 11 is 12.4. The van der Waals surface area contributed by atoms with Crippen molar-refractivity contribution in [3.63, 3.8) is 0 Å². The Labute approximate surface area is 171 Å². The number of hydrogen-bond donors (Lipinski definition) is 1. The van der Waals surface area contributed by atoms with E-state index in [-0.39, 0.29) is 18.2 Å². The Hall–Kier alpha value is -1.89. The van der Waals surface area contributed by atoms with Crippen LogP contribution in [0.25, 0.3) is 0 Å². The molecule has 0 radical (unpaired) electrons. The maximum Gasteiger partial charge on any atom is 0.387 e. The molecule has 0 bridgehead atoms. The van der Waals surface area contributed by atoms with Gasteiger partial charge in [0.1, 0.15) is 5.75 Å². The number of halogens is 4. The van der Waals surface area contributed by atoms with Crippen molar-refractivity contribution in [2.75, 3.05) is 13.2 Å². The lowest BCUT2D eigenvalue weighted by molar-refractivity contribution is -0.130. The molecule has 150 valence electrons. The molecule has 0 aliphatic carbocycles. The smallest absolute Gasteiger partial charge is 0.387 e. The Morgan fingerprint density at radius 3 is 2.57 bits per heavy atom. The third-order valence-electron chi connectivity index (χ3n) is 4.86. The minimum absolute atomic E-state index is 0.0309. The standard InChI is InChI=1S/C20H19Cl2F2NO3/c21-14-5-6-15(16(22)11-14)20(7-9-27-10-8-20)18(26)25-12-13-3-1-2-4-17(13)28-19(23)24/h1-6,11,19H,7-10,12H2,(H,25,26). The Balaban J connectivity index is 1.84. The Morgan fingerprint density at radius 1 is 1.18 bits per heavy atom. The number of rotatable bonds is 6. The monoisotopic (exact) mass is 429 g/mol. The molecule has 1 N–H and O–H groups in total. The zero-order valence-corrected chi connectivity index (χ0v) is 16.4. The van der Waals surface area contributed by atoms with Crippen LogP contribution in [-0.4, -0.2) is 25.7 Å². The predicted octanol–water partition coefficient (Wildman–Crippen LogP) is 4.96. The summed E-state index contributed by atoms with van der Waals surface area (Å²) in [7, 11) is 0. The van der Waals surface area contributed by atoms with E-state index in [9.17, 15) is 13.6 Å². The van der Waals surface area contributed by atoms with Crippen molar-refractivity contribution in [3.8, 4) is 5.75 Å². The van der Waals surface area contributed by atoms with Crippen LogP contribution in [-0.2, 0) is 21.5 Å². The van der Waals surface area contributed by atoms with Crippen molar-refractivity contribution < 1.29 is 23.0 Å². The zero-order chi connectivity index (χ0) is 20.1. The first kappa shape index (κ1) is 20.8. The SMILES string of the molecule is O=C(NCc1ccccc1OC(F)F)C1(c2ccc(Cl)cc2Cl)CCOCC1. The lowest BCUT2D eigenvalue weighted by atomic mass is 9.73. The van der Waals surface area contributed by atoms with E-state index in [1.807, 2.05) is 0 Å². The second-order valence-electron chi connectivity index (χ2n) is 6.49. The highest BCUT2D eigenvalue weighted by molar-refractivity contribution is 6.35. The summed E-state index contributed by atoms with van der Waals surface area (Å²) < 4.78 is 35.2. The van der Waals surface area contributed by atoms with Crippen molar-refractivity contribution in [2.45, 2.75) is 31.4 Å². The van der Waals surface area contributed by atoms with Gasteiger partial charge in [0.15, 0.2) is 0 Å². The number of amides is 1. The molecule has 1 aliphatic rings. The molecule has 1 heterocycles. The van der Waals surface area contributed by atoms with Gasteiger partial charge in [0, 0.05) is 35.4 Å². The fraction of sp³-hybridized carbons (Fsp3) is 0.350. The molecule has 0 unspecified atom stereocenters. The van der Waals surface area contributed by atoms with Gasteiger partial charge in [-0.15, -0.1) is 0 Å². The number of alkyl halides is 2. The second-order valence-corrected chi connectivity index (χ2v) is 7.33. The minimum Gasteiger partial charge on any atom is -0.434 e. The summed E-state index contributed by atoms with van der Waals surface area (Å²) in [6.45, 7) is -2.06. The fourth-order valence-corrected chi connectivity index (χ4v) is 4.01. The first-order valence-corrected chi connectivity index (χ1v) is 9.52. The third-order valence-corrected chi connectivity index (χ3v) is 5.40. The van der Waals surface area contributed by atoms with Crippen molar-refractivity contribution >= 4 is 29.1 Å². The summed E-state index contributed by atoms with van der Waals surface area (Å²) in [5.41, 5.74) is 0.260. The molecule has 0 atom stereocenters. The molecule has 1 amide bonds. The van der Waals surface area contributed by atoms with E-state index in [0.717, 1.165) is 0 Å². The number of carbonyl (C=O) groups excluding carboxylic acids is 1. The number of ether oxygens (including phenoxy) is 2. The summed E-state index contributed by atoms with van der Waals surface area (Å²) in [5, 5.41) is 3.74. The van der Waals surface area contributed by atoms with Crippen LogP contribution in [0.1, 0.15) is 24.0 Å². The second kappa shape index (κ2) is 9.07. The fourth-order valence-electron chi connectivity index (χ4n) is 3.42. The first-order chi connectivity index (χ1) is 13.4. The minimum atomic E-state index is -2.94. The van der Waals surface area contributed by atoms with Crippen LogP contribution >= 0.6 is 23.2 Å². The lowest BCUT2D eigenvalue weighted by Crippen LogP contribution is -2.48. The number of carbonyl (C=O) groups is 1. The van der Waals surface area contributed by atoms with Crippen LogP contribution in [0.5, 0.6) is 5.75 Å². The normalized spacial score (nSPS) is 16.0. The van der Waals surface area contributed by atoms with E-state index in [1.54, 1.807) is 36.4 Å². The van der Waals surface area contributed by atoms with Gasteiger partial charge >= 0.3 is 6.61 Å². The molecule has 3 rings (SSSR count). The average Bonchev–Trinajstić information content (AvgIpc) is 2.67. The van der Waals surface area contributed by atoms with Crippen molar-refractivity contribution in [1.82, 2.24) is 5.32 Å². The van der Waals surface area contributed by atoms with Gasteiger partial charge in [-0.1, -0.05) is 47.5 Å². The highest BCUT2D eigenvalue weighted by Crippen LogP contribution is 2.40. The van der Waals surface area contributed by atoms with Crippen molar-refractivity contribution in [3.05, 3.63) is 63.6 Å². The van der Waals surface area contributed by atoms with Gasteiger partial charge in [0.25, 0.3) is 0 Å². The van der Waals surface area contributed by atoms with Crippen LogP contribution in [0.15, 0.2) is 42.5 Å². The van der Waals surface area contributed by atoms with Crippen LogP contribution in [0.2, 0.25) is 10.0 Å². The molecule has 0 spiro atoms.